The molecule has 0 radical (unpaired) electrons. The van der Waals surface area contributed by atoms with Gasteiger partial charge in [-0.2, -0.15) is 0 Å². The van der Waals surface area contributed by atoms with Gasteiger partial charge < -0.3 is 4.74 Å². The maximum atomic E-state index is 5.86. The zero-order chi connectivity index (χ0) is 10.8. The molecule has 1 aromatic carbocycles. The van der Waals surface area contributed by atoms with Crippen molar-refractivity contribution in [2.24, 2.45) is 0 Å². The molecular weight excluding hydrogens is 277 g/mol. The Morgan fingerprint density at radius 3 is 2.73 bits per heavy atom. The summed E-state index contributed by atoms with van der Waals surface area (Å²) in [5.74, 6) is 0.784. The topological polar surface area (TPSA) is 22.1 Å². The van der Waals surface area contributed by atoms with Crippen molar-refractivity contribution in [1.29, 1.82) is 0 Å². The second-order valence-corrected chi connectivity index (χ2v) is 4.05. The van der Waals surface area contributed by atoms with Gasteiger partial charge in [0.05, 0.1) is 7.11 Å². The fourth-order valence-corrected chi connectivity index (χ4v) is 2.10. The first-order chi connectivity index (χ1) is 7.26. The number of pyridine rings is 1. The van der Waals surface area contributed by atoms with E-state index in [0.717, 1.165) is 27.5 Å². The lowest BCUT2D eigenvalue weighted by atomic mass is 10.1. The Hall–Kier alpha value is -0.800. The number of nitrogens with zero attached hydrogens (tertiary/aromatic N) is 1. The molecule has 2 rings (SSSR count). The highest BCUT2D eigenvalue weighted by Crippen LogP contribution is 2.30. The molecule has 0 saturated heterocycles. The second kappa shape index (κ2) is 4.37. The first-order valence-corrected chi connectivity index (χ1v) is 5.94. The predicted molar refractivity (Wildman–Crippen MR) is 65.9 cm³/mol. The summed E-state index contributed by atoms with van der Waals surface area (Å²) in [4.78, 5) is 4.27. The highest BCUT2D eigenvalue weighted by molar-refractivity contribution is 9.08. The highest BCUT2D eigenvalue weighted by atomic mass is 79.9. The minimum atomic E-state index is 0.479. The Kier molecular flexibility index (Phi) is 3.12. The van der Waals surface area contributed by atoms with E-state index < -0.39 is 0 Å². The van der Waals surface area contributed by atoms with Crippen molar-refractivity contribution in [3.05, 3.63) is 35.0 Å². The van der Waals surface area contributed by atoms with Crippen LogP contribution in [0.3, 0.4) is 0 Å². The summed E-state index contributed by atoms with van der Waals surface area (Å²) < 4.78 is 5.35. The van der Waals surface area contributed by atoms with Crippen LogP contribution in [0.1, 0.15) is 5.56 Å². The number of halogens is 2. The Balaban J connectivity index is 2.79. The van der Waals surface area contributed by atoms with Gasteiger partial charge in [-0.05, 0) is 12.1 Å². The number of benzene rings is 1. The van der Waals surface area contributed by atoms with Gasteiger partial charge in [-0.3, -0.25) is 0 Å². The molecule has 0 aliphatic rings. The van der Waals surface area contributed by atoms with Crippen LogP contribution in [0.4, 0.5) is 0 Å². The van der Waals surface area contributed by atoms with Crippen molar-refractivity contribution in [3.8, 4) is 5.75 Å². The third-order valence-corrected chi connectivity index (χ3v) is 3.03. The van der Waals surface area contributed by atoms with Crippen molar-refractivity contribution >= 4 is 38.4 Å². The van der Waals surface area contributed by atoms with Gasteiger partial charge in [0.25, 0.3) is 0 Å². The number of aromatic nitrogens is 1. The maximum Gasteiger partial charge on any atom is 0.149 e. The van der Waals surface area contributed by atoms with Crippen LogP contribution in [0, 0.1) is 0 Å². The zero-order valence-electron chi connectivity index (χ0n) is 8.13. The van der Waals surface area contributed by atoms with E-state index in [0.29, 0.717) is 5.15 Å². The zero-order valence-corrected chi connectivity index (χ0v) is 10.5. The molecule has 2 aromatic rings. The predicted octanol–water partition coefficient (Wildman–Crippen LogP) is 3.79. The number of hydrogen-bond acceptors (Lipinski definition) is 2. The standard InChI is InChI=1S/C11H9BrClNO/c1-15-11-8(6-12)3-2-7-4-5-9(13)14-10(7)11/h2-5H,6H2,1H3. The maximum absolute atomic E-state index is 5.86. The number of fused-ring (bicyclic) bond motifs is 1. The summed E-state index contributed by atoms with van der Waals surface area (Å²) in [6.45, 7) is 0. The molecule has 0 N–H and O–H groups in total. The number of methoxy groups -OCH3 is 1. The summed E-state index contributed by atoms with van der Waals surface area (Å²) in [7, 11) is 1.64. The Morgan fingerprint density at radius 1 is 1.33 bits per heavy atom. The molecule has 15 heavy (non-hydrogen) atoms. The summed E-state index contributed by atoms with van der Waals surface area (Å²) in [6, 6.07) is 7.74. The molecule has 0 saturated carbocycles. The summed E-state index contributed by atoms with van der Waals surface area (Å²) in [5, 5.41) is 2.24. The number of ether oxygens (including phenoxy) is 1. The van der Waals surface area contributed by atoms with Gasteiger partial charge >= 0.3 is 0 Å². The average molecular weight is 287 g/mol. The van der Waals surface area contributed by atoms with Crippen molar-refractivity contribution in [2.75, 3.05) is 7.11 Å². The smallest absolute Gasteiger partial charge is 0.149 e. The molecule has 1 aromatic heterocycles. The van der Waals surface area contributed by atoms with E-state index >= 15 is 0 Å². The van der Waals surface area contributed by atoms with Crippen molar-refractivity contribution < 1.29 is 4.74 Å². The van der Waals surface area contributed by atoms with E-state index in [4.69, 9.17) is 16.3 Å². The van der Waals surface area contributed by atoms with Gasteiger partial charge in [0.1, 0.15) is 16.4 Å². The lowest BCUT2D eigenvalue weighted by molar-refractivity contribution is 0.415. The first kappa shape index (κ1) is 10.7. The molecule has 0 amide bonds. The van der Waals surface area contributed by atoms with Gasteiger partial charge in [0.2, 0.25) is 0 Å². The molecule has 0 unspecified atom stereocenters. The summed E-state index contributed by atoms with van der Waals surface area (Å²) in [6.07, 6.45) is 0. The van der Waals surface area contributed by atoms with Crippen molar-refractivity contribution in [1.82, 2.24) is 4.98 Å². The largest absolute Gasteiger partial charge is 0.494 e. The number of hydrogen-bond donors (Lipinski definition) is 0. The third-order valence-electron chi connectivity index (χ3n) is 2.21. The molecule has 78 valence electrons. The van der Waals surface area contributed by atoms with Crippen LogP contribution in [0.15, 0.2) is 24.3 Å². The minimum Gasteiger partial charge on any atom is -0.494 e. The fraction of sp³-hybridized carbons (Fsp3) is 0.182. The fourth-order valence-electron chi connectivity index (χ4n) is 1.51. The molecule has 0 spiro atoms. The van der Waals surface area contributed by atoms with Crippen LogP contribution in [0.5, 0.6) is 5.75 Å². The molecule has 0 aliphatic carbocycles. The second-order valence-electron chi connectivity index (χ2n) is 3.10. The average Bonchev–Trinajstić information content (AvgIpc) is 2.27. The van der Waals surface area contributed by atoms with Gasteiger partial charge in [-0.25, -0.2) is 4.98 Å². The van der Waals surface area contributed by atoms with Gasteiger partial charge in [-0.1, -0.05) is 39.7 Å². The summed E-state index contributed by atoms with van der Waals surface area (Å²) >= 11 is 9.28. The summed E-state index contributed by atoms with van der Waals surface area (Å²) in [5.41, 5.74) is 1.88. The lowest BCUT2D eigenvalue weighted by Crippen LogP contribution is -1.92. The van der Waals surface area contributed by atoms with Crippen molar-refractivity contribution in [2.45, 2.75) is 5.33 Å². The van der Waals surface area contributed by atoms with Crippen molar-refractivity contribution in [3.63, 3.8) is 0 Å². The van der Waals surface area contributed by atoms with E-state index in [-0.39, 0.29) is 0 Å². The normalized spacial score (nSPS) is 10.6. The van der Waals surface area contributed by atoms with Crippen LogP contribution in [-0.4, -0.2) is 12.1 Å². The monoisotopic (exact) mass is 285 g/mol. The van der Waals surface area contributed by atoms with E-state index in [1.165, 1.54) is 0 Å². The SMILES string of the molecule is COc1c(CBr)ccc2ccc(Cl)nc12. The van der Waals surface area contributed by atoms with Crippen LogP contribution < -0.4 is 4.74 Å². The van der Waals surface area contributed by atoms with Gasteiger partial charge in [-0.15, -0.1) is 0 Å². The lowest BCUT2D eigenvalue weighted by Gasteiger charge is -2.09. The molecule has 4 heteroatoms. The van der Waals surface area contributed by atoms with E-state index in [1.807, 2.05) is 18.2 Å². The first-order valence-electron chi connectivity index (χ1n) is 4.44. The molecular formula is C11H9BrClNO. The molecule has 0 fully saturated rings. The number of alkyl halides is 1. The van der Waals surface area contributed by atoms with Crippen LogP contribution in [0.25, 0.3) is 10.9 Å². The van der Waals surface area contributed by atoms with E-state index in [2.05, 4.69) is 20.9 Å². The van der Waals surface area contributed by atoms with Crippen LogP contribution in [0.2, 0.25) is 5.15 Å². The quantitative estimate of drug-likeness (QED) is 0.619. The third kappa shape index (κ3) is 1.94. The molecule has 0 aliphatic heterocycles. The number of rotatable bonds is 2. The highest BCUT2D eigenvalue weighted by Gasteiger charge is 2.08. The molecule has 0 bridgehead atoms. The molecule has 1 heterocycles. The van der Waals surface area contributed by atoms with Crippen LogP contribution in [-0.2, 0) is 5.33 Å². The Labute approximate surface area is 101 Å². The van der Waals surface area contributed by atoms with Crippen LogP contribution >= 0.6 is 27.5 Å². The Morgan fingerprint density at radius 2 is 2.07 bits per heavy atom. The minimum absolute atomic E-state index is 0.479. The van der Waals surface area contributed by atoms with E-state index in [1.54, 1.807) is 13.2 Å². The molecule has 0 atom stereocenters. The molecule has 2 nitrogen and oxygen atoms in total. The van der Waals surface area contributed by atoms with Gasteiger partial charge in [0.15, 0.2) is 0 Å². The Bertz CT molecular complexity index is 501. The van der Waals surface area contributed by atoms with Gasteiger partial charge in [0, 0.05) is 16.3 Å². The van der Waals surface area contributed by atoms with E-state index in [9.17, 15) is 0 Å².